The standard InChI is InChI=1S/C16H15ClO4S/c1-11-2-8-14(9-3-11)22(20,21)15(16(18)19)10-12-4-6-13(17)7-5-12/h2-9,15H,10H2,1H3,(H,18,19). The highest BCUT2D eigenvalue weighted by Gasteiger charge is 2.34. The van der Waals surface area contributed by atoms with Crippen LogP contribution >= 0.6 is 11.6 Å². The minimum atomic E-state index is -3.96. The molecule has 0 spiro atoms. The van der Waals surface area contributed by atoms with Crippen molar-refractivity contribution in [2.24, 2.45) is 0 Å². The highest BCUT2D eigenvalue weighted by Crippen LogP contribution is 2.21. The fourth-order valence-electron chi connectivity index (χ4n) is 2.06. The Hall–Kier alpha value is -1.85. The normalized spacial score (nSPS) is 12.8. The van der Waals surface area contributed by atoms with Crippen LogP contribution in [0.2, 0.25) is 5.02 Å². The number of carboxylic acid groups (broad SMARTS) is 1. The molecule has 2 aromatic rings. The van der Waals surface area contributed by atoms with E-state index in [0.29, 0.717) is 10.6 Å². The summed E-state index contributed by atoms with van der Waals surface area (Å²) in [5, 5.41) is 8.32. The lowest BCUT2D eigenvalue weighted by Crippen LogP contribution is -2.32. The van der Waals surface area contributed by atoms with Gasteiger partial charge in [0.25, 0.3) is 0 Å². The molecule has 0 bridgehead atoms. The fraction of sp³-hybridized carbons (Fsp3) is 0.188. The molecule has 0 fully saturated rings. The summed E-state index contributed by atoms with van der Waals surface area (Å²) in [6, 6.07) is 12.6. The minimum Gasteiger partial charge on any atom is -0.480 e. The Morgan fingerprint density at radius 1 is 1.09 bits per heavy atom. The number of rotatable bonds is 5. The van der Waals surface area contributed by atoms with Crippen molar-refractivity contribution in [2.45, 2.75) is 23.5 Å². The third-order valence-electron chi connectivity index (χ3n) is 3.33. The van der Waals surface area contributed by atoms with E-state index in [0.717, 1.165) is 5.56 Å². The van der Waals surface area contributed by atoms with Gasteiger partial charge in [0.2, 0.25) is 0 Å². The molecule has 0 aliphatic rings. The van der Waals surface area contributed by atoms with E-state index in [1.54, 1.807) is 36.4 Å². The smallest absolute Gasteiger partial charge is 0.322 e. The molecule has 4 nitrogen and oxygen atoms in total. The summed E-state index contributed by atoms with van der Waals surface area (Å²) in [6.07, 6.45) is -0.108. The first kappa shape index (κ1) is 16.5. The van der Waals surface area contributed by atoms with Gasteiger partial charge in [0.15, 0.2) is 15.1 Å². The van der Waals surface area contributed by atoms with Gasteiger partial charge in [0.05, 0.1) is 4.90 Å². The lowest BCUT2D eigenvalue weighted by atomic mass is 10.1. The van der Waals surface area contributed by atoms with E-state index in [1.165, 1.54) is 12.1 Å². The molecule has 22 heavy (non-hydrogen) atoms. The Morgan fingerprint density at radius 3 is 2.14 bits per heavy atom. The van der Waals surface area contributed by atoms with Crippen LogP contribution in [0.15, 0.2) is 53.4 Å². The first-order valence-electron chi connectivity index (χ1n) is 6.58. The topological polar surface area (TPSA) is 71.4 Å². The van der Waals surface area contributed by atoms with Crippen LogP contribution in [-0.2, 0) is 21.1 Å². The second-order valence-corrected chi connectivity index (χ2v) is 7.58. The molecule has 0 aliphatic carbocycles. The molecular formula is C16H15ClO4S. The summed E-state index contributed by atoms with van der Waals surface area (Å²) in [4.78, 5) is 11.5. The molecule has 0 saturated heterocycles. The molecule has 1 atom stereocenters. The summed E-state index contributed by atoms with van der Waals surface area (Å²) >= 11 is 5.78. The van der Waals surface area contributed by atoms with Gasteiger partial charge in [0.1, 0.15) is 0 Å². The molecule has 0 aliphatic heterocycles. The maximum absolute atomic E-state index is 12.5. The van der Waals surface area contributed by atoms with Crippen molar-refractivity contribution in [1.29, 1.82) is 0 Å². The van der Waals surface area contributed by atoms with Crippen molar-refractivity contribution in [2.75, 3.05) is 0 Å². The van der Waals surface area contributed by atoms with Gasteiger partial charge in [-0.25, -0.2) is 8.42 Å². The van der Waals surface area contributed by atoms with Crippen molar-refractivity contribution < 1.29 is 18.3 Å². The van der Waals surface area contributed by atoms with E-state index in [-0.39, 0.29) is 11.3 Å². The highest BCUT2D eigenvalue weighted by molar-refractivity contribution is 7.92. The molecule has 116 valence electrons. The summed E-state index contributed by atoms with van der Waals surface area (Å²) in [6.45, 7) is 1.83. The predicted octanol–water partition coefficient (Wildman–Crippen LogP) is 3.12. The second-order valence-electron chi connectivity index (χ2n) is 5.02. The molecular weight excluding hydrogens is 324 g/mol. The highest BCUT2D eigenvalue weighted by atomic mass is 35.5. The van der Waals surface area contributed by atoms with Crippen molar-refractivity contribution >= 4 is 27.4 Å². The quantitative estimate of drug-likeness (QED) is 0.909. The van der Waals surface area contributed by atoms with Gasteiger partial charge in [-0.2, -0.15) is 0 Å². The fourth-order valence-corrected chi connectivity index (χ4v) is 3.70. The molecule has 1 N–H and O–H groups in total. The van der Waals surface area contributed by atoms with Crippen molar-refractivity contribution in [1.82, 2.24) is 0 Å². The lowest BCUT2D eigenvalue weighted by Gasteiger charge is -2.14. The van der Waals surface area contributed by atoms with E-state index in [9.17, 15) is 18.3 Å². The minimum absolute atomic E-state index is 0.0134. The third kappa shape index (κ3) is 3.67. The average Bonchev–Trinajstić information content (AvgIpc) is 2.46. The largest absolute Gasteiger partial charge is 0.480 e. The number of aryl methyl sites for hydroxylation is 1. The van der Waals surface area contributed by atoms with Gasteiger partial charge >= 0.3 is 5.97 Å². The van der Waals surface area contributed by atoms with Gasteiger partial charge in [-0.15, -0.1) is 0 Å². The first-order chi connectivity index (χ1) is 10.3. The molecule has 1 unspecified atom stereocenters. The molecule has 6 heteroatoms. The third-order valence-corrected chi connectivity index (χ3v) is 5.63. The summed E-state index contributed by atoms with van der Waals surface area (Å²) < 4.78 is 25.1. The van der Waals surface area contributed by atoms with Gasteiger partial charge < -0.3 is 5.11 Å². The molecule has 0 radical (unpaired) electrons. The first-order valence-corrected chi connectivity index (χ1v) is 8.51. The number of carboxylic acids is 1. The van der Waals surface area contributed by atoms with Crippen LogP contribution in [-0.4, -0.2) is 24.7 Å². The van der Waals surface area contributed by atoms with E-state index >= 15 is 0 Å². The van der Waals surface area contributed by atoms with E-state index in [2.05, 4.69) is 0 Å². The van der Waals surface area contributed by atoms with Crippen LogP contribution in [0, 0.1) is 6.92 Å². The van der Waals surface area contributed by atoms with Gasteiger partial charge in [0, 0.05) is 11.4 Å². The molecule has 0 saturated carbocycles. The monoisotopic (exact) mass is 338 g/mol. The Morgan fingerprint density at radius 2 is 1.64 bits per heavy atom. The summed E-state index contributed by atoms with van der Waals surface area (Å²) in [5.74, 6) is -1.37. The van der Waals surface area contributed by atoms with Crippen LogP contribution in [0.4, 0.5) is 0 Å². The maximum Gasteiger partial charge on any atom is 0.322 e. The summed E-state index contributed by atoms with van der Waals surface area (Å²) in [7, 11) is -3.96. The van der Waals surface area contributed by atoms with Crippen molar-refractivity contribution in [3.05, 3.63) is 64.7 Å². The Bertz CT molecular complexity index is 765. The number of benzene rings is 2. The second kappa shape index (κ2) is 6.50. The van der Waals surface area contributed by atoms with Gasteiger partial charge in [-0.05, 0) is 36.8 Å². The Balaban J connectivity index is 2.36. The van der Waals surface area contributed by atoms with E-state index in [4.69, 9.17) is 11.6 Å². The van der Waals surface area contributed by atoms with Crippen molar-refractivity contribution in [3.8, 4) is 0 Å². The SMILES string of the molecule is Cc1ccc(S(=O)(=O)C(Cc2ccc(Cl)cc2)C(=O)O)cc1. The van der Waals surface area contributed by atoms with Crippen LogP contribution in [0.3, 0.4) is 0 Å². The average molecular weight is 339 g/mol. The number of hydrogen-bond donors (Lipinski definition) is 1. The van der Waals surface area contributed by atoms with Crippen LogP contribution in [0.1, 0.15) is 11.1 Å². The maximum atomic E-state index is 12.5. The zero-order chi connectivity index (χ0) is 16.3. The number of carbonyl (C=O) groups is 1. The molecule has 2 aromatic carbocycles. The predicted molar refractivity (Wildman–Crippen MR) is 84.9 cm³/mol. The number of hydrogen-bond acceptors (Lipinski definition) is 3. The van der Waals surface area contributed by atoms with E-state index < -0.39 is 21.1 Å². The lowest BCUT2D eigenvalue weighted by molar-refractivity contribution is -0.136. The zero-order valence-electron chi connectivity index (χ0n) is 11.9. The Labute approximate surface area is 134 Å². The van der Waals surface area contributed by atoms with Crippen LogP contribution in [0.25, 0.3) is 0 Å². The van der Waals surface area contributed by atoms with Crippen molar-refractivity contribution in [3.63, 3.8) is 0 Å². The molecule has 0 amide bonds. The van der Waals surface area contributed by atoms with E-state index in [1.807, 2.05) is 6.92 Å². The number of sulfone groups is 1. The van der Waals surface area contributed by atoms with Gasteiger partial charge in [-0.3, -0.25) is 4.79 Å². The molecule has 0 aromatic heterocycles. The molecule has 0 heterocycles. The Kier molecular flexibility index (Phi) is 4.88. The number of halogens is 1. The zero-order valence-corrected chi connectivity index (χ0v) is 13.4. The van der Waals surface area contributed by atoms with Gasteiger partial charge in [-0.1, -0.05) is 41.4 Å². The van der Waals surface area contributed by atoms with Crippen LogP contribution in [0.5, 0.6) is 0 Å². The molecule has 2 rings (SSSR count). The number of aliphatic carboxylic acids is 1. The summed E-state index contributed by atoms with van der Waals surface area (Å²) in [5.41, 5.74) is 1.51. The van der Waals surface area contributed by atoms with Crippen LogP contribution < -0.4 is 0 Å².